The summed E-state index contributed by atoms with van der Waals surface area (Å²) in [5.41, 5.74) is -2.68. The molecule has 2 aromatic carbocycles. The second kappa shape index (κ2) is 8.82. The molecule has 0 spiro atoms. The van der Waals surface area contributed by atoms with Crippen LogP contribution in [0, 0.1) is 44.4 Å². The van der Waals surface area contributed by atoms with Crippen LogP contribution in [-0.4, -0.2) is 26.1 Å². The van der Waals surface area contributed by atoms with Crippen molar-refractivity contribution in [3.05, 3.63) is 78.2 Å². The molecule has 0 fully saturated rings. The normalized spacial score (nSPS) is 11.3. The Morgan fingerprint density at radius 2 is 1.60 bits per heavy atom. The summed E-state index contributed by atoms with van der Waals surface area (Å²) in [7, 11) is 0. The van der Waals surface area contributed by atoms with Gasteiger partial charge in [0.05, 0.1) is 6.54 Å². The van der Waals surface area contributed by atoms with Crippen molar-refractivity contribution in [3.63, 3.8) is 0 Å². The van der Waals surface area contributed by atoms with E-state index in [0.717, 1.165) is 10.7 Å². The van der Waals surface area contributed by atoms with Gasteiger partial charge in [-0.25, -0.2) is 31.8 Å². The zero-order chi connectivity index (χ0) is 25.8. The number of aromatic nitrogens is 3. The second-order valence-corrected chi connectivity index (χ2v) is 7.69. The van der Waals surface area contributed by atoms with E-state index in [0.29, 0.717) is 6.07 Å². The van der Waals surface area contributed by atoms with Gasteiger partial charge < -0.3 is 14.3 Å². The number of esters is 1. The summed E-state index contributed by atoms with van der Waals surface area (Å²) in [6, 6.07) is 1.51. The van der Waals surface area contributed by atoms with E-state index in [9.17, 15) is 45.4 Å². The van der Waals surface area contributed by atoms with Crippen LogP contribution in [0.3, 0.4) is 0 Å². The zero-order valence-electron chi connectivity index (χ0n) is 16.3. The average molecular weight is 615 g/mol. The number of nitrogens with zero attached hydrogens (tertiary/aromatic N) is 3. The lowest BCUT2D eigenvalue weighted by Crippen LogP contribution is -2.16. The highest BCUT2D eigenvalue weighted by Crippen LogP contribution is 2.31. The Kier molecular flexibility index (Phi) is 6.16. The molecule has 4 aromatic rings. The van der Waals surface area contributed by atoms with Gasteiger partial charge in [0.25, 0.3) is 0 Å². The molecule has 0 saturated carbocycles. The van der Waals surface area contributed by atoms with Crippen molar-refractivity contribution >= 4 is 39.5 Å². The minimum Gasteiger partial charge on any atom is -0.503 e. The van der Waals surface area contributed by atoms with Crippen molar-refractivity contribution in [2.45, 2.75) is 6.54 Å². The zero-order valence-corrected chi connectivity index (χ0v) is 18.5. The second-order valence-electron chi connectivity index (χ2n) is 6.66. The van der Waals surface area contributed by atoms with Crippen molar-refractivity contribution in [3.8, 4) is 11.5 Å². The highest BCUT2D eigenvalue weighted by Gasteiger charge is 2.30. The monoisotopic (exact) mass is 615 g/mol. The number of hydrogen-bond acceptors (Lipinski definition) is 7. The minimum absolute atomic E-state index is 0.100. The summed E-state index contributed by atoms with van der Waals surface area (Å²) >= 11 is 1.46. The Labute approximate surface area is 200 Å². The van der Waals surface area contributed by atoms with E-state index in [1.54, 1.807) is 0 Å². The van der Waals surface area contributed by atoms with Crippen molar-refractivity contribution in [2.24, 2.45) is 0 Å². The van der Waals surface area contributed by atoms with Gasteiger partial charge in [-0.3, -0.25) is 0 Å². The molecule has 2 heterocycles. The number of halogens is 8. The van der Waals surface area contributed by atoms with Gasteiger partial charge in [0, 0.05) is 11.5 Å². The molecule has 0 bridgehead atoms. The van der Waals surface area contributed by atoms with Crippen LogP contribution in [0.1, 0.15) is 16.1 Å². The summed E-state index contributed by atoms with van der Waals surface area (Å²) in [5, 5.41) is 16.1. The smallest absolute Gasteiger partial charge is 0.367 e. The maximum atomic E-state index is 14.1. The lowest BCUT2D eigenvalue weighted by Gasteiger charge is -2.09. The van der Waals surface area contributed by atoms with Crippen LogP contribution in [0.4, 0.5) is 30.7 Å². The molecule has 0 radical (unpaired) electrons. The third-order valence-corrected chi connectivity index (χ3v) is 5.61. The molecule has 182 valence electrons. The van der Waals surface area contributed by atoms with E-state index in [2.05, 4.69) is 19.5 Å². The quantitative estimate of drug-likeness (QED) is 0.0706. The summed E-state index contributed by atoms with van der Waals surface area (Å²) in [5.74, 6) is -19.7. The average Bonchev–Trinajstić information content (AvgIpc) is 3.18. The highest BCUT2D eigenvalue weighted by atomic mass is 127. The Balaban J connectivity index is 1.71. The van der Waals surface area contributed by atoms with Crippen LogP contribution in [0.25, 0.3) is 11.0 Å². The lowest BCUT2D eigenvalue weighted by molar-refractivity contribution is 0.0708. The number of phenolic OH excluding ortho intramolecular Hbond substituents is 1. The van der Waals surface area contributed by atoms with E-state index >= 15 is 0 Å². The number of carbonyl (C=O) groups is 1. The summed E-state index contributed by atoms with van der Waals surface area (Å²) in [6.45, 7) is -0.465. The van der Waals surface area contributed by atoms with Gasteiger partial charge in [-0.2, -0.15) is 13.2 Å². The Bertz CT molecular complexity index is 1580. The molecule has 1 N–H and O–H groups in total. The first-order valence-corrected chi connectivity index (χ1v) is 9.96. The summed E-state index contributed by atoms with van der Waals surface area (Å²) in [6.07, 6.45) is 0. The molecule has 2 aromatic heterocycles. The molecule has 0 atom stereocenters. The molecular formula is C19H5F7IN3O5. The number of phenols is 1. The van der Waals surface area contributed by atoms with Crippen molar-refractivity contribution in [1.29, 1.82) is 0 Å². The predicted molar refractivity (Wildman–Crippen MR) is 107 cm³/mol. The molecular weight excluding hydrogens is 610 g/mol. The number of hydrogen-bond donors (Lipinski definition) is 1. The number of rotatable bonds is 4. The fourth-order valence-corrected chi connectivity index (χ4v) is 3.51. The Morgan fingerprint density at radius 3 is 2.23 bits per heavy atom. The van der Waals surface area contributed by atoms with E-state index in [4.69, 9.17) is 0 Å². The van der Waals surface area contributed by atoms with Gasteiger partial charge in [0.15, 0.2) is 17.1 Å². The fraction of sp³-hybridized carbons (Fsp3) is 0.0526. The van der Waals surface area contributed by atoms with E-state index in [-0.39, 0.29) is 14.7 Å². The first kappa shape index (κ1) is 24.4. The largest absolute Gasteiger partial charge is 0.503 e. The van der Waals surface area contributed by atoms with Crippen molar-refractivity contribution in [1.82, 2.24) is 15.0 Å². The third-order valence-electron chi connectivity index (χ3n) is 4.54. The fourth-order valence-electron chi connectivity index (χ4n) is 2.91. The van der Waals surface area contributed by atoms with Gasteiger partial charge in [-0.15, -0.1) is 5.10 Å². The van der Waals surface area contributed by atoms with Crippen LogP contribution in [-0.2, 0) is 6.54 Å². The van der Waals surface area contributed by atoms with Crippen LogP contribution < -0.4 is 10.4 Å². The standard InChI is InChI=1S/C19H5F7IN3O5/c20-6-2-5-4(1-7(31)34-16(5)13(26)15(6)32)3-30-18(27)14(28-29-30)19(33)35-17-11(24)9(22)8(21)10(23)12(17)25/h1-2,32H,3H2. The van der Waals surface area contributed by atoms with Crippen LogP contribution in [0.15, 0.2) is 21.3 Å². The van der Waals surface area contributed by atoms with Crippen LogP contribution >= 0.6 is 22.6 Å². The number of ether oxygens (including phenoxy) is 1. The summed E-state index contributed by atoms with van der Waals surface area (Å²) in [4.78, 5) is 24.1. The molecule has 0 amide bonds. The van der Waals surface area contributed by atoms with E-state index < -0.39 is 81.6 Å². The molecule has 0 aliphatic rings. The van der Waals surface area contributed by atoms with Gasteiger partial charge in [-0.05, 0) is 34.2 Å². The number of aromatic hydroxyl groups is 1. The third kappa shape index (κ3) is 4.06. The molecule has 0 saturated heterocycles. The van der Waals surface area contributed by atoms with E-state index in [1.807, 2.05) is 0 Å². The SMILES string of the molecule is O=C(Oc1c(F)c(F)c(F)c(F)c1F)c1nnn(Cc2cc(=O)oc3c(F)c(O)c(F)cc23)c1I. The molecule has 0 aliphatic carbocycles. The van der Waals surface area contributed by atoms with Crippen LogP contribution in [0.2, 0.25) is 0 Å². The highest BCUT2D eigenvalue weighted by molar-refractivity contribution is 14.1. The number of carbonyl (C=O) groups excluding carboxylic acids is 1. The minimum atomic E-state index is -2.46. The van der Waals surface area contributed by atoms with Gasteiger partial charge in [0.1, 0.15) is 3.70 Å². The molecule has 35 heavy (non-hydrogen) atoms. The maximum Gasteiger partial charge on any atom is 0.367 e. The molecule has 4 rings (SSSR count). The molecule has 0 unspecified atom stereocenters. The van der Waals surface area contributed by atoms with Gasteiger partial charge >= 0.3 is 11.6 Å². The molecule has 0 aliphatic heterocycles. The molecule has 8 nitrogen and oxygen atoms in total. The van der Waals surface area contributed by atoms with E-state index in [1.165, 1.54) is 22.6 Å². The Morgan fingerprint density at radius 1 is 1.00 bits per heavy atom. The predicted octanol–water partition coefficient (Wildman–Crippen LogP) is 3.94. The maximum absolute atomic E-state index is 14.1. The number of fused-ring (bicyclic) bond motifs is 1. The first-order chi connectivity index (χ1) is 16.4. The summed E-state index contributed by atoms with van der Waals surface area (Å²) < 4.78 is 105. The van der Waals surface area contributed by atoms with Gasteiger partial charge in [-0.1, -0.05) is 5.21 Å². The first-order valence-electron chi connectivity index (χ1n) is 8.88. The lowest BCUT2D eigenvalue weighted by atomic mass is 10.1. The topological polar surface area (TPSA) is 107 Å². The number of benzene rings is 2. The van der Waals surface area contributed by atoms with Crippen molar-refractivity contribution < 1.29 is 49.8 Å². The van der Waals surface area contributed by atoms with Gasteiger partial charge in [0.2, 0.25) is 46.3 Å². The van der Waals surface area contributed by atoms with Crippen molar-refractivity contribution in [2.75, 3.05) is 0 Å². The molecule has 16 heteroatoms. The Hall–Kier alpha value is -3.70. The van der Waals surface area contributed by atoms with Crippen LogP contribution in [0.5, 0.6) is 11.5 Å².